The second-order valence-corrected chi connectivity index (χ2v) is 4.85. The number of methoxy groups -OCH3 is 1. The van der Waals surface area contributed by atoms with Gasteiger partial charge in [0.05, 0.1) is 7.11 Å². The molecule has 0 radical (unpaired) electrons. The summed E-state index contributed by atoms with van der Waals surface area (Å²) < 4.78 is 5.08. The quantitative estimate of drug-likeness (QED) is 0.897. The van der Waals surface area contributed by atoms with Gasteiger partial charge in [0.2, 0.25) is 5.88 Å². The highest BCUT2D eigenvalue weighted by Crippen LogP contribution is 2.28. The first kappa shape index (κ1) is 12.9. The van der Waals surface area contributed by atoms with Crippen LogP contribution in [0.5, 0.6) is 5.88 Å². The van der Waals surface area contributed by atoms with Crippen molar-refractivity contribution < 1.29 is 4.74 Å². The fourth-order valence-electron chi connectivity index (χ4n) is 1.58. The molecule has 2 aromatic heterocycles. The van der Waals surface area contributed by atoms with Crippen molar-refractivity contribution in [1.82, 2.24) is 20.3 Å². The van der Waals surface area contributed by atoms with Gasteiger partial charge in [0, 0.05) is 23.2 Å². The summed E-state index contributed by atoms with van der Waals surface area (Å²) in [5.74, 6) is 0.552. The van der Waals surface area contributed by atoms with E-state index in [4.69, 9.17) is 4.74 Å². The highest BCUT2D eigenvalue weighted by atomic mass is 32.1. The molecule has 0 saturated carbocycles. The summed E-state index contributed by atoms with van der Waals surface area (Å²) in [5.41, 5.74) is 0.793. The molecule has 0 aliphatic rings. The molecule has 1 N–H and O–H groups in total. The second-order valence-electron chi connectivity index (χ2n) is 3.79. The molecule has 0 amide bonds. The van der Waals surface area contributed by atoms with Crippen LogP contribution in [0.2, 0.25) is 0 Å². The lowest BCUT2D eigenvalue weighted by Gasteiger charge is -2.08. The standard InChI is InChI=1S/C12H16N4OS/c1-4-13-8(2)10-6-14-12(18-10)9-5-11(17-3)16-7-15-9/h5-8,13H,4H2,1-3H3. The van der Waals surface area contributed by atoms with E-state index in [1.807, 2.05) is 6.20 Å². The number of thiazole rings is 1. The number of nitrogens with one attached hydrogen (secondary N) is 1. The van der Waals surface area contributed by atoms with Crippen molar-refractivity contribution in [3.05, 3.63) is 23.5 Å². The first-order valence-corrected chi connectivity index (χ1v) is 6.61. The Morgan fingerprint density at radius 3 is 2.94 bits per heavy atom. The van der Waals surface area contributed by atoms with Crippen molar-refractivity contribution >= 4 is 11.3 Å². The first-order chi connectivity index (χ1) is 8.74. The molecule has 96 valence electrons. The van der Waals surface area contributed by atoms with E-state index in [9.17, 15) is 0 Å². The molecule has 0 fully saturated rings. The Hall–Kier alpha value is -1.53. The van der Waals surface area contributed by atoms with Crippen molar-refractivity contribution in [1.29, 1.82) is 0 Å². The third kappa shape index (κ3) is 2.83. The number of hydrogen-bond donors (Lipinski definition) is 1. The molecule has 1 unspecified atom stereocenters. The Labute approximate surface area is 110 Å². The van der Waals surface area contributed by atoms with Gasteiger partial charge in [-0.2, -0.15) is 0 Å². The minimum absolute atomic E-state index is 0.310. The van der Waals surface area contributed by atoms with Gasteiger partial charge in [-0.1, -0.05) is 6.92 Å². The highest BCUT2D eigenvalue weighted by molar-refractivity contribution is 7.15. The molecular formula is C12H16N4OS. The van der Waals surface area contributed by atoms with E-state index >= 15 is 0 Å². The van der Waals surface area contributed by atoms with Gasteiger partial charge in [-0.25, -0.2) is 15.0 Å². The number of aromatic nitrogens is 3. The summed E-state index contributed by atoms with van der Waals surface area (Å²) in [6.07, 6.45) is 3.38. The van der Waals surface area contributed by atoms with Gasteiger partial charge in [0.1, 0.15) is 17.0 Å². The Bertz CT molecular complexity index is 514. The van der Waals surface area contributed by atoms with E-state index in [0.717, 1.165) is 17.2 Å². The fraction of sp³-hybridized carbons (Fsp3) is 0.417. The minimum atomic E-state index is 0.310. The maximum Gasteiger partial charge on any atom is 0.216 e. The van der Waals surface area contributed by atoms with Crippen LogP contribution in [0.25, 0.3) is 10.7 Å². The van der Waals surface area contributed by atoms with E-state index in [-0.39, 0.29) is 0 Å². The molecular weight excluding hydrogens is 248 g/mol. The molecule has 0 aromatic carbocycles. The fourth-order valence-corrected chi connectivity index (χ4v) is 2.49. The van der Waals surface area contributed by atoms with Crippen LogP contribution in [0.3, 0.4) is 0 Å². The average Bonchev–Trinajstić information content (AvgIpc) is 2.89. The zero-order valence-electron chi connectivity index (χ0n) is 10.7. The Morgan fingerprint density at radius 2 is 2.22 bits per heavy atom. The summed E-state index contributed by atoms with van der Waals surface area (Å²) in [7, 11) is 1.59. The van der Waals surface area contributed by atoms with Crippen LogP contribution >= 0.6 is 11.3 Å². The van der Waals surface area contributed by atoms with Crippen LogP contribution in [-0.2, 0) is 0 Å². The van der Waals surface area contributed by atoms with Gasteiger partial charge in [-0.3, -0.25) is 0 Å². The molecule has 1 atom stereocenters. The summed E-state index contributed by atoms with van der Waals surface area (Å²) in [5, 5.41) is 4.25. The topological polar surface area (TPSA) is 59.9 Å². The molecule has 2 heterocycles. The Kier molecular flexibility index (Phi) is 4.22. The summed E-state index contributed by atoms with van der Waals surface area (Å²) in [6, 6.07) is 2.10. The van der Waals surface area contributed by atoms with E-state index in [1.54, 1.807) is 24.5 Å². The predicted octanol–water partition coefficient (Wildman–Crippen LogP) is 2.28. The van der Waals surface area contributed by atoms with Crippen molar-refractivity contribution in [2.75, 3.05) is 13.7 Å². The molecule has 2 aromatic rings. The zero-order chi connectivity index (χ0) is 13.0. The van der Waals surface area contributed by atoms with Gasteiger partial charge in [0.25, 0.3) is 0 Å². The molecule has 2 rings (SSSR count). The Morgan fingerprint density at radius 1 is 1.39 bits per heavy atom. The predicted molar refractivity (Wildman–Crippen MR) is 71.8 cm³/mol. The van der Waals surface area contributed by atoms with E-state index in [1.165, 1.54) is 11.2 Å². The van der Waals surface area contributed by atoms with Crippen molar-refractivity contribution in [2.45, 2.75) is 19.9 Å². The molecule has 6 heteroatoms. The third-order valence-electron chi connectivity index (χ3n) is 2.53. The smallest absolute Gasteiger partial charge is 0.216 e. The lowest BCUT2D eigenvalue weighted by molar-refractivity contribution is 0.397. The second kappa shape index (κ2) is 5.88. The minimum Gasteiger partial charge on any atom is -0.481 e. The first-order valence-electron chi connectivity index (χ1n) is 5.80. The van der Waals surface area contributed by atoms with Crippen LogP contribution in [-0.4, -0.2) is 28.6 Å². The zero-order valence-corrected chi connectivity index (χ0v) is 11.5. The van der Waals surface area contributed by atoms with Crippen LogP contribution in [0.15, 0.2) is 18.6 Å². The molecule has 0 aliphatic carbocycles. The SMILES string of the molecule is CCNC(C)c1cnc(-c2cc(OC)ncn2)s1. The van der Waals surface area contributed by atoms with Gasteiger partial charge in [-0.15, -0.1) is 11.3 Å². The van der Waals surface area contributed by atoms with Gasteiger partial charge >= 0.3 is 0 Å². The van der Waals surface area contributed by atoms with Crippen molar-refractivity contribution in [3.63, 3.8) is 0 Å². The van der Waals surface area contributed by atoms with Gasteiger partial charge in [-0.05, 0) is 13.5 Å². The van der Waals surface area contributed by atoms with Crippen LogP contribution in [0.1, 0.15) is 24.8 Å². The van der Waals surface area contributed by atoms with Crippen LogP contribution < -0.4 is 10.1 Å². The molecule has 5 nitrogen and oxygen atoms in total. The molecule has 0 aliphatic heterocycles. The van der Waals surface area contributed by atoms with E-state index in [0.29, 0.717) is 11.9 Å². The summed E-state index contributed by atoms with van der Waals surface area (Å²) >= 11 is 1.63. The number of nitrogens with zero attached hydrogens (tertiary/aromatic N) is 3. The van der Waals surface area contributed by atoms with Gasteiger partial charge in [0.15, 0.2) is 0 Å². The monoisotopic (exact) mass is 264 g/mol. The highest BCUT2D eigenvalue weighted by Gasteiger charge is 2.11. The van der Waals surface area contributed by atoms with Gasteiger partial charge < -0.3 is 10.1 Å². The maximum atomic E-state index is 5.08. The molecule has 18 heavy (non-hydrogen) atoms. The summed E-state index contributed by atoms with van der Waals surface area (Å²) in [6.45, 7) is 5.16. The van der Waals surface area contributed by atoms with E-state index < -0.39 is 0 Å². The van der Waals surface area contributed by atoms with Crippen LogP contribution in [0, 0.1) is 0 Å². The average molecular weight is 264 g/mol. The molecule has 0 bridgehead atoms. The van der Waals surface area contributed by atoms with Crippen molar-refractivity contribution in [3.8, 4) is 16.6 Å². The normalized spacial score (nSPS) is 12.4. The number of hydrogen-bond acceptors (Lipinski definition) is 6. The van der Waals surface area contributed by atoms with Crippen LogP contribution in [0.4, 0.5) is 0 Å². The molecule has 0 spiro atoms. The lowest BCUT2D eigenvalue weighted by Crippen LogP contribution is -2.16. The third-order valence-corrected chi connectivity index (χ3v) is 3.73. The maximum absolute atomic E-state index is 5.08. The summed E-state index contributed by atoms with van der Waals surface area (Å²) in [4.78, 5) is 13.8. The number of ether oxygens (including phenoxy) is 1. The van der Waals surface area contributed by atoms with Crippen molar-refractivity contribution in [2.24, 2.45) is 0 Å². The number of rotatable bonds is 5. The lowest BCUT2D eigenvalue weighted by atomic mass is 10.3. The largest absolute Gasteiger partial charge is 0.481 e. The molecule has 0 saturated heterocycles. The Balaban J connectivity index is 2.23. The van der Waals surface area contributed by atoms with E-state index in [2.05, 4.69) is 34.1 Å².